The van der Waals surface area contributed by atoms with Crippen LogP contribution in [0, 0.1) is 6.92 Å². The van der Waals surface area contributed by atoms with E-state index in [2.05, 4.69) is 39.3 Å². The number of para-hydroxylation sites is 1. The number of aryl methyl sites for hydroxylation is 1. The molecule has 3 aromatic rings. The fourth-order valence-corrected chi connectivity index (χ4v) is 4.42. The molecule has 0 unspecified atom stereocenters. The molecular formula is C25H28N2O5. The van der Waals surface area contributed by atoms with Crippen molar-refractivity contribution >= 4 is 22.8 Å². The molecule has 1 fully saturated rings. The minimum atomic E-state index is -1.38. The van der Waals surface area contributed by atoms with Gasteiger partial charge in [-0.15, -0.1) is 6.58 Å². The van der Waals surface area contributed by atoms with Crippen molar-refractivity contribution in [3.8, 4) is 11.7 Å². The zero-order chi connectivity index (χ0) is 22.7. The molecule has 7 nitrogen and oxygen atoms in total. The fraction of sp³-hybridized carbons (Fsp3) is 0.320. The first kappa shape index (κ1) is 21.8. The lowest BCUT2D eigenvalue weighted by atomic mass is 10.0. The second kappa shape index (κ2) is 9.36. The minimum absolute atomic E-state index is 0.00907. The van der Waals surface area contributed by atoms with Crippen LogP contribution in [-0.4, -0.2) is 49.5 Å². The van der Waals surface area contributed by atoms with Gasteiger partial charge in [-0.2, -0.15) is 0 Å². The van der Waals surface area contributed by atoms with E-state index in [1.807, 2.05) is 25.1 Å². The number of furan rings is 1. The molecule has 0 saturated carbocycles. The summed E-state index contributed by atoms with van der Waals surface area (Å²) in [7, 11) is 1.73. The van der Waals surface area contributed by atoms with E-state index in [1.54, 1.807) is 13.2 Å². The number of carboxylic acid groups (broad SMARTS) is 1. The van der Waals surface area contributed by atoms with E-state index in [0.717, 1.165) is 67.1 Å². The molecule has 168 valence electrons. The summed E-state index contributed by atoms with van der Waals surface area (Å²) in [5.41, 5.74) is 5.16. The summed E-state index contributed by atoms with van der Waals surface area (Å²) in [6.07, 6.45) is 1.31. The molecule has 7 heteroatoms. The molecule has 1 saturated heterocycles. The number of allylic oxidation sites excluding steroid dienone is 1. The number of hydrogen-bond donors (Lipinski definition) is 1. The minimum Gasteiger partial charge on any atom is -0.496 e. The third-order valence-electron chi connectivity index (χ3n) is 5.96. The van der Waals surface area contributed by atoms with Crippen molar-refractivity contribution in [2.24, 2.45) is 0 Å². The zero-order valence-corrected chi connectivity index (χ0v) is 18.5. The Bertz CT molecular complexity index is 1130. The Kier molecular flexibility index (Phi) is 6.37. The standard InChI is InChI=1S/C25H28N2O5/c1-4-6-18-7-5-8-19(24(18)30-3)16-26-11-13-27(14-12-26)21-9-10-22-20(17(21)2)15-23(31-22)32-25(28)29/h4-5,7-10,15H,1,6,11-14,16H2,2-3H3,(H,28,29). The Morgan fingerprint density at radius 3 is 2.62 bits per heavy atom. The average molecular weight is 437 g/mol. The number of benzene rings is 2. The van der Waals surface area contributed by atoms with E-state index in [-0.39, 0.29) is 5.95 Å². The van der Waals surface area contributed by atoms with E-state index >= 15 is 0 Å². The second-order valence-electron chi connectivity index (χ2n) is 7.92. The van der Waals surface area contributed by atoms with Gasteiger partial charge in [0, 0.05) is 55.4 Å². The molecule has 0 radical (unpaired) electrons. The van der Waals surface area contributed by atoms with Crippen molar-refractivity contribution in [2.75, 3.05) is 38.2 Å². The fourth-order valence-electron chi connectivity index (χ4n) is 4.42. The van der Waals surface area contributed by atoms with Gasteiger partial charge in [0.25, 0.3) is 5.95 Å². The molecule has 32 heavy (non-hydrogen) atoms. The van der Waals surface area contributed by atoms with Crippen LogP contribution in [0.3, 0.4) is 0 Å². The highest BCUT2D eigenvalue weighted by Gasteiger charge is 2.22. The van der Waals surface area contributed by atoms with Gasteiger partial charge >= 0.3 is 6.16 Å². The zero-order valence-electron chi connectivity index (χ0n) is 18.5. The SMILES string of the molecule is C=CCc1cccc(CN2CCN(c3ccc4oc(OC(=O)O)cc4c3C)CC2)c1OC. The molecular weight excluding hydrogens is 408 g/mol. The molecule has 2 heterocycles. The molecule has 0 atom stereocenters. The van der Waals surface area contributed by atoms with Gasteiger partial charge in [-0.3, -0.25) is 4.90 Å². The molecule has 1 aromatic heterocycles. The van der Waals surface area contributed by atoms with Gasteiger partial charge in [0.15, 0.2) is 0 Å². The van der Waals surface area contributed by atoms with Crippen LogP contribution in [0.5, 0.6) is 11.7 Å². The summed E-state index contributed by atoms with van der Waals surface area (Å²) in [5.74, 6) is 0.945. The van der Waals surface area contributed by atoms with Crippen molar-refractivity contribution in [1.82, 2.24) is 4.90 Å². The normalized spacial score (nSPS) is 14.5. The van der Waals surface area contributed by atoms with Crippen molar-refractivity contribution < 1.29 is 23.8 Å². The first-order valence-corrected chi connectivity index (χ1v) is 10.7. The molecule has 1 aliphatic heterocycles. The lowest BCUT2D eigenvalue weighted by molar-refractivity contribution is 0.134. The van der Waals surface area contributed by atoms with E-state index in [9.17, 15) is 4.79 Å². The van der Waals surface area contributed by atoms with Gasteiger partial charge < -0.3 is 23.9 Å². The first-order valence-electron chi connectivity index (χ1n) is 10.7. The summed E-state index contributed by atoms with van der Waals surface area (Å²) in [5, 5.41) is 9.68. The third-order valence-corrected chi connectivity index (χ3v) is 5.96. The quantitative estimate of drug-likeness (QED) is 0.419. The highest BCUT2D eigenvalue weighted by molar-refractivity contribution is 5.88. The van der Waals surface area contributed by atoms with E-state index in [4.69, 9.17) is 14.3 Å². The third kappa shape index (κ3) is 4.43. The topological polar surface area (TPSA) is 75.4 Å². The number of nitrogens with zero attached hydrogens (tertiary/aromatic N) is 2. The Morgan fingerprint density at radius 1 is 1.19 bits per heavy atom. The number of rotatable bonds is 7. The van der Waals surface area contributed by atoms with Crippen LogP contribution in [0.25, 0.3) is 11.0 Å². The Labute approximate surface area is 187 Å². The van der Waals surface area contributed by atoms with Crippen LogP contribution < -0.4 is 14.4 Å². The molecule has 0 bridgehead atoms. The molecule has 4 rings (SSSR count). The highest BCUT2D eigenvalue weighted by atomic mass is 16.7. The van der Waals surface area contributed by atoms with Gasteiger partial charge in [-0.1, -0.05) is 24.3 Å². The Hall–Kier alpha value is -3.45. The first-order chi connectivity index (χ1) is 15.5. The molecule has 0 aliphatic carbocycles. The van der Waals surface area contributed by atoms with E-state index in [1.165, 1.54) is 5.56 Å². The molecule has 0 amide bonds. The molecule has 2 aromatic carbocycles. The summed E-state index contributed by atoms with van der Waals surface area (Å²) in [6.45, 7) is 10.4. The van der Waals surface area contributed by atoms with Crippen LogP contribution in [-0.2, 0) is 13.0 Å². The molecule has 1 N–H and O–H groups in total. The summed E-state index contributed by atoms with van der Waals surface area (Å²) >= 11 is 0. The Morgan fingerprint density at radius 2 is 1.94 bits per heavy atom. The average Bonchev–Trinajstić information content (AvgIpc) is 3.18. The summed E-state index contributed by atoms with van der Waals surface area (Å²) in [4.78, 5) is 15.6. The van der Waals surface area contributed by atoms with Crippen LogP contribution in [0.1, 0.15) is 16.7 Å². The monoisotopic (exact) mass is 436 g/mol. The summed E-state index contributed by atoms with van der Waals surface area (Å²) < 4.78 is 15.9. The van der Waals surface area contributed by atoms with Gasteiger partial charge in [0.1, 0.15) is 11.3 Å². The number of hydrogen-bond acceptors (Lipinski definition) is 6. The van der Waals surface area contributed by atoms with Gasteiger partial charge in [-0.05, 0) is 36.6 Å². The maximum Gasteiger partial charge on any atom is 0.513 e. The predicted octanol–water partition coefficient (Wildman–Crippen LogP) is 4.86. The Balaban J connectivity index is 1.45. The number of methoxy groups -OCH3 is 1. The lowest BCUT2D eigenvalue weighted by Gasteiger charge is -2.37. The van der Waals surface area contributed by atoms with Crippen molar-refractivity contribution in [3.63, 3.8) is 0 Å². The number of carbonyl (C=O) groups is 1. The second-order valence-corrected chi connectivity index (χ2v) is 7.92. The van der Waals surface area contributed by atoms with E-state index in [0.29, 0.717) is 5.58 Å². The largest absolute Gasteiger partial charge is 0.513 e. The maximum absolute atomic E-state index is 10.8. The predicted molar refractivity (Wildman–Crippen MR) is 124 cm³/mol. The number of fused-ring (bicyclic) bond motifs is 1. The van der Waals surface area contributed by atoms with Crippen molar-refractivity contribution in [1.29, 1.82) is 0 Å². The van der Waals surface area contributed by atoms with Gasteiger partial charge in [0.2, 0.25) is 0 Å². The van der Waals surface area contributed by atoms with Crippen molar-refractivity contribution in [3.05, 3.63) is 65.7 Å². The lowest BCUT2D eigenvalue weighted by Crippen LogP contribution is -2.46. The molecule has 1 aliphatic rings. The van der Waals surface area contributed by atoms with Crippen molar-refractivity contribution in [2.45, 2.75) is 19.9 Å². The maximum atomic E-state index is 10.8. The van der Waals surface area contributed by atoms with E-state index < -0.39 is 6.16 Å². The highest BCUT2D eigenvalue weighted by Crippen LogP contribution is 2.34. The van der Waals surface area contributed by atoms with Crippen LogP contribution in [0.2, 0.25) is 0 Å². The van der Waals surface area contributed by atoms with Gasteiger partial charge in [0.05, 0.1) is 7.11 Å². The summed E-state index contributed by atoms with van der Waals surface area (Å²) in [6, 6.07) is 11.8. The number of anilines is 1. The van der Waals surface area contributed by atoms with Gasteiger partial charge in [-0.25, -0.2) is 4.79 Å². The number of ether oxygens (including phenoxy) is 2. The molecule has 0 spiro atoms. The van der Waals surface area contributed by atoms with Crippen LogP contribution in [0.15, 0.2) is 53.5 Å². The van der Waals surface area contributed by atoms with Crippen LogP contribution >= 0.6 is 0 Å². The van der Waals surface area contributed by atoms with Crippen LogP contribution in [0.4, 0.5) is 10.5 Å². The smallest absolute Gasteiger partial charge is 0.496 e. The number of piperazine rings is 1.